The van der Waals surface area contributed by atoms with Gasteiger partial charge in [-0.3, -0.25) is 4.79 Å². The Bertz CT molecular complexity index is 978. The van der Waals surface area contributed by atoms with E-state index in [4.69, 9.17) is 4.74 Å². The van der Waals surface area contributed by atoms with E-state index in [1.807, 2.05) is 29.2 Å². The molecule has 3 aromatic rings. The highest BCUT2D eigenvalue weighted by molar-refractivity contribution is 7.18. The number of carbonyl (C=O) groups is 1. The zero-order chi connectivity index (χ0) is 20.2. The Morgan fingerprint density at radius 3 is 2.52 bits per heavy atom. The number of hydrogen-bond donors (Lipinski definition) is 0. The number of nitrogens with zero attached hydrogens (tertiary/aromatic N) is 4. The van der Waals surface area contributed by atoms with Crippen molar-refractivity contribution in [2.75, 3.05) is 37.7 Å². The fourth-order valence-corrected chi connectivity index (χ4v) is 4.47. The predicted octanol–water partition coefficient (Wildman–Crippen LogP) is 3.54. The molecule has 7 heteroatoms. The molecule has 4 rings (SSSR count). The molecule has 1 aliphatic rings. The van der Waals surface area contributed by atoms with Gasteiger partial charge in [-0.2, -0.15) is 0 Å². The summed E-state index contributed by atoms with van der Waals surface area (Å²) in [7, 11) is 0. The normalized spacial score (nSPS) is 14.4. The first-order valence-corrected chi connectivity index (χ1v) is 11.0. The van der Waals surface area contributed by atoms with E-state index in [2.05, 4.69) is 34.8 Å². The number of piperazine rings is 1. The van der Waals surface area contributed by atoms with Gasteiger partial charge in [0.25, 0.3) is 5.91 Å². The van der Waals surface area contributed by atoms with Crippen LogP contribution in [0.1, 0.15) is 24.3 Å². The van der Waals surface area contributed by atoms with Crippen molar-refractivity contribution in [1.29, 1.82) is 0 Å². The standard InChI is InChI=1S/C22H26N4O2S/c1-3-16-5-7-17(8-6-16)28-14-20(27)25-9-11-26(12-10-25)21-19-13-18(4-2)29-22(19)24-15-23-21/h5-8,13,15H,3-4,9-12,14H2,1-2H3. The summed E-state index contributed by atoms with van der Waals surface area (Å²) in [5.41, 5.74) is 1.26. The van der Waals surface area contributed by atoms with Crippen LogP contribution in [0.15, 0.2) is 36.7 Å². The molecule has 2 aromatic heterocycles. The molecule has 152 valence electrons. The van der Waals surface area contributed by atoms with E-state index in [-0.39, 0.29) is 12.5 Å². The molecule has 0 N–H and O–H groups in total. The molecule has 1 amide bonds. The Balaban J connectivity index is 1.34. The highest BCUT2D eigenvalue weighted by atomic mass is 32.1. The van der Waals surface area contributed by atoms with Crippen LogP contribution < -0.4 is 9.64 Å². The number of aromatic nitrogens is 2. The minimum absolute atomic E-state index is 0.0286. The van der Waals surface area contributed by atoms with E-state index in [9.17, 15) is 4.79 Å². The van der Waals surface area contributed by atoms with E-state index >= 15 is 0 Å². The summed E-state index contributed by atoms with van der Waals surface area (Å²) in [5.74, 6) is 1.74. The van der Waals surface area contributed by atoms with Gasteiger partial charge in [0.2, 0.25) is 0 Å². The number of anilines is 1. The number of thiophene rings is 1. The number of fused-ring (bicyclic) bond motifs is 1. The lowest BCUT2D eigenvalue weighted by Crippen LogP contribution is -2.50. The third-order valence-electron chi connectivity index (χ3n) is 5.33. The molecule has 0 unspecified atom stereocenters. The Hall–Kier alpha value is -2.67. The minimum atomic E-state index is 0.0286. The fourth-order valence-electron chi connectivity index (χ4n) is 3.54. The van der Waals surface area contributed by atoms with Gasteiger partial charge in [-0.15, -0.1) is 11.3 Å². The highest BCUT2D eigenvalue weighted by Gasteiger charge is 2.24. The van der Waals surface area contributed by atoms with Crippen LogP contribution >= 0.6 is 11.3 Å². The lowest BCUT2D eigenvalue weighted by molar-refractivity contribution is -0.133. The van der Waals surface area contributed by atoms with Crippen molar-refractivity contribution < 1.29 is 9.53 Å². The van der Waals surface area contributed by atoms with Crippen molar-refractivity contribution in [2.24, 2.45) is 0 Å². The third-order valence-corrected chi connectivity index (χ3v) is 6.52. The molecule has 0 radical (unpaired) electrons. The van der Waals surface area contributed by atoms with E-state index in [1.54, 1.807) is 17.7 Å². The van der Waals surface area contributed by atoms with E-state index in [1.165, 1.54) is 10.4 Å². The molecule has 1 aromatic carbocycles. The van der Waals surface area contributed by atoms with Crippen molar-refractivity contribution >= 4 is 33.3 Å². The van der Waals surface area contributed by atoms with Gasteiger partial charge in [0, 0.05) is 31.1 Å². The lowest BCUT2D eigenvalue weighted by Gasteiger charge is -2.35. The first-order chi connectivity index (χ1) is 14.2. The van der Waals surface area contributed by atoms with Crippen LogP contribution in [0.3, 0.4) is 0 Å². The molecule has 29 heavy (non-hydrogen) atoms. The first kappa shape index (κ1) is 19.6. The van der Waals surface area contributed by atoms with E-state index in [0.717, 1.165) is 47.7 Å². The average Bonchev–Trinajstić information content (AvgIpc) is 3.21. The number of amides is 1. The maximum Gasteiger partial charge on any atom is 0.260 e. The maximum atomic E-state index is 12.6. The molecule has 1 saturated heterocycles. The highest BCUT2D eigenvalue weighted by Crippen LogP contribution is 2.30. The second kappa shape index (κ2) is 8.78. The van der Waals surface area contributed by atoms with E-state index < -0.39 is 0 Å². The molecule has 3 heterocycles. The topological polar surface area (TPSA) is 58.6 Å². The van der Waals surface area contributed by atoms with Gasteiger partial charge in [-0.05, 0) is 36.6 Å². The summed E-state index contributed by atoms with van der Waals surface area (Å²) in [6.45, 7) is 7.23. The van der Waals surface area contributed by atoms with Gasteiger partial charge in [-0.25, -0.2) is 9.97 Å². The molecule has 6 nitrogen and oxygen atoms in total. The average molecular weight is 411 g/mol. The summed E-state index contributed by atoms with van der Waals surface area (Å²) in [6, 6.07) is 10.1. The summed E-state index contributed by atoms with van der Waals surface area (Å²) >= 11 is 1.73. The third kappa shape index (κ3) is 4.34. The van der Waals surface area contributed by atoms with Gasteiger partial charge in [0.15, 0.2) is 6.61 Å². The van der Waals surface area contributed by atoms with Crippen LogP contribution in [-0.2, 0) is 17.6 Å². The van der Waals surface area contributed by atoms with Crippen molar-refractivity contribution in [2.45, 2.75) is 26.7 Å². The Labute approximate surface area is 175 Å². The molecule has 0 atom stereocenters. The second-order valence-corrected chi connectivity index (χ2v) is 8.25. The number of carbonyl (C=O) groups excluding carboxylic acids is 1. The summed E-state index contributed by atoms with van der Waals surface area (Å²) in [4.78, 5) is 28.0. The molecule has 0 spiro atoms. The number of ether oxygens (including phenoxy) is 1. The summed E-state index contributed by atoms with van der Waals surface area (Å²) in [6.07, 6.45) is 3.64. The van der Waals surface area contributed by atoms with Crippen LogP contribution in [-0.4, -0.2) is 53.6 Å². The fraction of sp³-hybridized carbons (Fsp3) is 0.409. The zero-order valence-electron chi connectivity index (χ0n) is 16.9. The Morgan fingerprint density at radius 2 is 1.83 bits per heavy atom. The van der Waals surface area contributed by atoms with Crippen LogP contribution in [0.2, 0.25) is 0 Å². The monoisotopic (exact) mass is 410 g/mol. The predicted molar refractivity (Wildman–Crippen MR) is 117 cm³/mol. The molecule has 1 fully saturated rings. The quantitative estimate of drug-likeness (QED) is 0.622. The molecular formula is C22H26N4O2S. The largest absolute Gasteiger partial charge is 0.484 e. The van der Waals surface area contributed by atoms with Crippen LogP contribution in [0.5, 0.6) is 5.75 Å². The molecule has 0 bridgehead atoms. The molecular weight excluding hydrogens is 384 g/mol. The number of benzene rings is 1. The van der Waals surface area contributed by atoms with Crippen molar-refractivity contribution in [1.82, 2.24) is 14.9 Å². The van der Waals surface area contributed by atoms with Gasteiger partial charge in [0.05, 0.1) is 5.39 Å². The molecule has 0 saturated carbocycles. The van der Waals surface area contributed by atoms with Crippen LogP contribution in [0.25, 0.3) is 10.2 Å². The lowest BCUT2D eigenvalue weighted by atomic mass is 10.2. The van der Waals surface area contributed by atoms with E-state index in [0.29, 0.717) is 13.1 Å². The number of aryl methyl sites for hydroxylation is 2. The van der Waals surface area contributed by atoms with Crippen molar-refractivity contribution in [3.05, 3.63) is 47.1 Å². The first-order valence-electron chi connectivity index (χ1n) is 10.2. The SMILES string of the molecule is CCc1ccc(OCC(=O)N2CCN(c3ncnc4sc(CC)cc34)CC2)cc1. The molecule has 1 aliphatic heterocycles. The van der Waals surface area contributed by atoms with Crippen molar-refractivity contribution in [3.8, 4) is 5.75 Å². The van der Waals surface area contributed by atoms with Gasteiger partial charge in [-0.1, -0.05) is 26.0 Å². The van der Waals surface area contributed by atoms with Gasteiger partial charge >= 0.3 is 0 Å². The van der Waals surface area contributed by atoms with Crippen LogP contribution in [0, 0.1) is 0 Å². The maximum absolute atomic E-state index is 12.6. The minimum Gasteiger partial charge on any atom is -0.484 e. The summed E-state index contributed by atoms with van der Waals surface area (Å²) < 4.78 is 5.68. The number of rotatable bonds is 6. The summed E-state index contributed by atoms with van der Waals surface area (Å²) in [5, 5.41) is 1.12. The van der Waals surface area contributed by atoms with Crippen LogP contribution in [0.4, 0.5) is 5.82 Å². The smallest absolute Gasteiger partial charge is 0.260 e. The van der Waals surface area contributed by atoms with Gasteiger partial charge in [0.1, 0.15) is 22.7 Å². The van der Waals surface area contributed by atoms with Crippen molar-refractivity contribution in [3.63, 3.8) is 0 Å². The number of hydrogen-bond acceptors (Lipinski definition) is 6. The second-order valence-electron chi connectivity index (χ2n) is 7.14. The zero-order valence-corrected chi connectivity index (χ0v) is 17.7. The Kier molecular flexibility index (Phi) is 5.94. The molecule has 0 aliphatic carbocycles. The Morgan fingerprint density at radius 1 is 1.07 bits per heavy atom. The van der Waals surface area contributed by atoms with Gasteiger partial charge < -0.3 is 14.5 Å².